The van der Waals surface area contributed by atoms with Crippen molar-refractivity contribution in [2.24, 2.45) is 25.0 Å². The number of fused-ring (bicyclic) bond motifs is 14. The minimum absolute atomic E-state index is 0.246. The molecular weight excluding hydrogens is 1720 g/mol. The van der Waals surface area contributed by atoms with Crippen LogP contribution in [-0.2, 0) is 0 Å². The monoisotopic (exact) mass is 1790 g/mol. The van der Waals surface area contributed by atoms with Gasteiger partial charge in [0.2, 0.25) is 28.9 Å². The van der Waals surface area contributed by atoms with Gasteiger partial charge in [-0.05, 0) is 235 Å². The molecule has 5 N–H and O–H groups in total. The standard InChI is InChI=1S/C22H18N2O2.C20H16N2O3.C19H17BrN2O2.2C19H13ClN2O2S/c1-14-6-9-19-18(12-14)20(25)22(26)10-11-24(21(22)23-19)17-8-7-15-4-2-3-5-16(15)13-17;1-12-2-5-16-15(10-12)18(23)20(24)7-8-22(19(20)21-16)14-4-3-13-6-9-25-17(13)11-14;1-11-8-15-16(9-12(11)2)21-18-19(24,17(15)23)6-7-22(18)14-5-3-4-13(20)10-14;20-12-1-3-15-14(10-12)17(23)19(24)6-7-22(18(19)21-15)13-2-4-16-11(9-13)5-8-25-16;20-12-2-4-15-14(9-12)17(23)19(24)6-7-22(18(19)21-15)13-3-1-11-5-8-25-16(11)10-13/h2-9,12-13,26H,10-11H2,1H3;2-6,9-11,24H,7-8H2,1H3;3-5,8-10,24H,6-7H2,1-2H3;2*1-5,8-10,24H,6-7H2/t22-;20-;3*19-/m11111/s1. The number of aliphatic hydroxyl groups is 5. The largest absolute Gasteiger partial charge is 0.464 e. The van der Waals surface area contributed by atoms with Crippen LogP contribution in [0.4, 0.5) is 56.9 Å². The first-order valence-corrected chi connectivity index (χ1v) is 44.2. The van der Waals surface area contributed by atoms with Crippen molar-refractivity contribution in [3.05, 3.63) is 306 Å². The van der Waals surface area contributed by atoms with Crippen molar-refractivity contribution in [1.29, 1.82) is 0 Å². The van der Waals surface area contributed by atoms with E-state index >= 15 is 0 Å². The molecule has 26 heteroatoms. The fourth-order valence-electron chi connectivity index (χ4n) is 18.2. The molecule has 5 saturated heterocycles. The molecule has 5 fully saturated rings. The number of carbonyl (C=O) groups is 5. The third-order valence-corrected chi connectivity index (χ3v) is 27.8. The minimum atomic E-state index is -1.58. The average Bonchev–Trinajstić information content (AvgIpc) is 1.63. The van der Waals surface area contributed by atoms with E-state index in [-0.39, 0.29) is 28.9 Å². The van der Waals surface area contributed by atoms with Crippen LogP contribution in [-0.4, -0.2) is 144 Å². The quantitative estimate of drug-likeness (QED) is 0.107. The summed E-state index contributed by atoms with van der Waals surface area (Å²) >= 11 is 18.8. The molecule has 0 radical (unpaired) electrons. The Morgan fingerprint density at radius 2 is 0.720 bits per heavy atom. The molecule has 21 nitrogen and oxygen atoms in total. The van der Waals surface area contributed by atoms with E-state index in [4.69, 9.17) is 27.6 Å². The van der Waals surface area contributed by atoms with Crippen LogP contribution in [0.5, 0.6) is 0 Å². The second-order valence-corrected chi connectivity index (χ2v) is 36.6. The summed E-state index contributed by atoms with van der Waals surface area (Å²) in [5, 5.41) is 66.1. The molecule has 13 heterocycles. The van der Waals surface area contributed by atoms with E-state index in [1.807, 2.05) is 174 Å². The van der Waals surface area contributed by atoms with Gasteiger partial charge in [0, 0.05) is 156 Å². The molecule has 10 aliphatic rings. The van der Waals surface area contributed by atoms with Crippen molar-refractivity contribution < 1.29 is 53.9 Å². The maximum atomic E-state index is 13.0. The first-order valence-electron chi connectivity index (χ1n) is 40.9. The number of furan rings is 1. The van der Waals surface area contributed by atoms with Crippen LogP contribution in [0.15, 0.2) is 275 Å². The maximum absolute atomic E-state index is 13.0. The lowest BCUT2D eigenvalue weighted by Crippen LogP contribution is -2.48. The third-order valence-electron chi connectivity index (χ3n) is 25.1. The summed E-state index contributed by atoms with van der Waals surface area (Å²) in [4.78, 5) is 97.6. The highest BCUT2D eigenvalue weighted by atomic mass is 79.9. The van der Waals surface area contributed by atoms with Crippen LogP contribution in [0.25, 0.3) is 41.9 Å². The lowest BCUT2D eigenvalue weighted by molar-refractivity contribution is 0.0600. The Bertz CT molecular complexity index is 6770. The number of aliphatic imine (C=N–C) groups is 5. The van der Waals surface area contributed by atoms with Crippen molar-refractivity contribution >= 4 is 219 Å². The summed E-state index contributed by atoms with van der Waals surface area (Å²) in [6.45, 7) is 10.6. The molecule has 10 aliphatic heterocycles. The molecule has 0 spiro atoms. The van der Waals surface area contributed by atoms with Crippen molar-refractivity contribution in [2.75, 3.05) is 57.2 Å². The minimum Gasteiger partial charge on any atom is -0.464 e. The lowest BCUT2D eigenvalue weighted by atomic mass is 9.86. The number of halogens is 3. The number of carbonyl (C=O) groups excluding carboxylic acids is 5. The lowest BCUT2D eigenvalue weighted by Gasteiger charge is -2.30. The molecule has 0 amide bonds. The van der Waals surface area contributed by atoms with Crippen LogP contribution in [0.3, 0.4) is 0 Å². The summed E-state index contributed by atoms with van der Waals surface area (Å²) in [5.41, 5.74) is 6.95. The second-order valence-electron chi connectivity index (χ2n) is 32.9. The predicted octanol–water partition coefficient (Wildman–Crippen LogP) is 20.4. The number of amidine groups is 5. The van der Waals surface area contributed by atoms with Gasteiger partial charge < -0.3 is 54.4 Å². The molecule has 622 valence electrons. The highest BCUT2D eigenvalue weighted by molar-refractivity contribution is 9.10. The Morgan fingerprint density at radius 1 is 0.336 bits per heavy atom. The van der Waals surface area contributed by atoms with Gasteiger partial charge in [-0.3, -0.25) is 24.0 Å². The molecule has 0 bridgehead atoms. The fraction of sp³-hybridized carbons (Fsp3) is 0.192. The zero-order valence-corrected chi connectivity index (χ0v) is 72.5. The number of aryl methyl sites for hydroxylation is 4. The molecule has 0 aliphatic carbocycles. The molecule has 125 heavy (non-hydrogen) atoms. The second kappa shape index (κ2) is 30.8. The van der Waals surface area contributed by atoms with E-state index in [1.54, 1.807) is 71.4 Å². The summed E-state index contributed by atoms with van der Waals surface area (Å²) in [7, 11) is 0. The van der Waals surface area contributed by atoms with Crippen molar-refractivity contribution in [3.63, 3.8) is 0 Å². The van der Waals surface area contributed by atoms with E-state index < -0.39 is 28.0 Å². The van der Waals surface area contributed by atoms with Gasteiger partial charge in [0.25, 0.3) is 0 Å². The first-order chi connectivity index (χ1) is 60.1. The van der Waals surface area contributed by atoms with Crippen LogP contribution >= 0.6 is 61.8 Å². The van der Waals surface area contributed by atoms with Crippen LogP contribution in [0.1, 0.15) is 106 Å². The number of Topliss-reactive ketones (excluding diaryl/α,β-unsaturated/α-hetero) is 5. The Morgan fingerprint density at radius 3 is 1.22 bits per heavy atom. The number of ketones is 5. The van der Waals surface area contributed by atoms with Gasteiger partial charge >= 0.3 is 0 Å². The number of hydrogen-bond acceptors (Lipinski definition) is 23. The topological polar surface area (TPSA) is 278 Å². The van der Waals surface area contributed by atoms with E-state index in [0.717, 1.165) is 82.3 Å². The third kappa shape index (κ3) is 13.7. The Labute approximate surface area is 743 Å². The number of thiophene rings is 2. The van der Waals surface area contributed by atoms with Gasteiger partial charge in [0.1, 0.15) is 34.8 Å². The number of hydrogen-bond donors (Lipinski definition) is 5. The van der Waals surface area contributed by atoms with Gasteiger partial charge in [0.05, 0.1) is 34.7 Å². The molecule has 11 aromatic carbocycles. The van der Waals surface area contributed by atoms with Gasteiger partial charge in [-0.2, -0.15) is 0 Å². The molecule has 14 aromatic rings. The van der Waals surface area contributed by atoms with E-state index in [1.165, 1.54) is 14.8 Å². The van der Waals surface area contributed by atoms with Crippen LogP contribution in [0, 0.1) is 27.7 Å². The first kappa shape index (κ1) is 81.1. The highest BCUT2D eigenvalue weighted by Crippen LogP contribution is 2.48. The van der Waals surface area contributed by atoms with Gasteiger partial charge in [-0.25, -0.2) is 25.0 Å². The number of nitrogens with zero attached hydrogens (tertiary/aromatic N) is 10. The molecule has 3 aromatic heterocycles. The summed E-state index contributed by atoms with van der Waals surface area (Å²) in [6.07, 6.45) is 3.31. The average molecular weight is 1800 g/mol. The predicted molar refractivity (Wildman–Crippen MR) is 501 cm³/mol. The Kier molecular flexibility index (Phi) is 20.0. The van der Waals surface area contributed by atoms with Crippen molar-refractivity contribution in [1.82, 2.24) is 0 Å². The van der Waals surface area contributed by atoms with E-state index in [2.05, 4.69) is 112 Å². The molecular formula is C99H77BrCl2N10O11S2. The van der Waals surface area contributed by atoms with Crippen molar-refractivity contribution in [3.8, 4) is 0 Å². The fourth-order valence-corrected chi connectivity index (χ4v) is 20.5. The molecule has 0 unspecified atom stereocenters. The maximum Gasteiger partial charge on any atom is 0.204 e. The summed E-state index contributed by atoms with van der Waals surface area (Å²) < 4.78 is 8.80. The Hall–Kier alpha value is -12.3. The van der Waals surface area contributed by atoms with Crippen LogP contribution < -0.4 is 24.5 Å². The highest BCUT2D eigenvalue weighted by Gasteiger charge is 2.57. The van der Waals surface area contributed by atoms with Gasteiger partial charge in [-0.15, -0.1) is 22.7 Å². The zero-order valence-electron chi connectivity index (χ0n) is 67.8. The molecule has 24 rings (SSSR count). The van der Waals surface area contributed by atoms with Gasteiger partial charge in [-0.1, -0.05) is 105 Å². The SMILES string of the molecule is Cc1cc2c(cc1C)C(=O)[C@]1(O)CCN(c3cccc(Br)c3)C1=N2.Cc1ccc2c(c1)C(=O)[C@]1(O)CCN(c3ccc4ccccc4c3)C1=N2.Cc1ccc2c(c1)C(=O)[C@]1(O)CCN(c3ccc4ccoc4c3)C1=N2.O=C1c2cc(Cl)ccc2N=C2N(c3ccc4ccsc4c3)CC[C@@]12O.O=C1c2cc(Cl)ccc2N=C2N(c3ccc4sccc4c3)CC[C@@]12O. The molecule has 5 atom stereocenters. The van der Waals surface area contributed by atoms with Crippen molar-refractivity contribution in [2.45, 2.75) is 87.8 Å². The zero-order chi connectivity index (χ0) is 86.5. The normalized spacial score (nSPS) is 22.0. The van der Waals surface area contributed by atoms with Crippen LogP contribution in [0.2, 0.25) is 10.0 Å². The summed E-state index contributed by atoms with van der Waals surface area (Å²) in [5.74, 6) is 0.676. The number of anilines is 5. The number of benzene rings is 11. The van der Waals surface area contributed by atoms with Gasteiger partial charge in [0.15, 0.2) is 28.0 Å². The molecule has 0 saturated carbocycles. The number of rotatable bonds is 5. The summed E-state index contributed by atoms with van der Waals surface area (Å²) in [6, 6.07) is 71.2. The Balaban J connectivity index is 0.0000000988. The van der Waals surface area contributed by atoms with E-state index in [0.29, 0.717) is 160 Å². The van der Waals surface area contributed by atoms with E-state index in [9.17, 15) is 49.5 Å². The smallest absolute Gasteiger partial charge is 0.204 e.